The number of nitrogens with zero attached hydrogens (tertiary/aromatic N) is 1. The molecule has 2 rings (SSSR count). The molecule has 0 saturated heterocycles. The summed E-state index contributed by atoms with van der Waals surface area (Å²) < 4.78 is 0. The summed E-state index contributed by atoms with van der Waals surface area (Å²) in [4.78, 5) is 13.7. The third-order valence-corrected chi connectivity index (χ3v) is 3.92. The number of amides is 2. The van der Waals surface area contributed by atoms with Crippen molar-refractivity contribution in [1.82, 2.24) is 10.2 Å². The first kappa shape index (κ1) is 17.2. The van der Waals surface area contributed by atoms with Crippen LogP contribution in [0.15, 0.2) is 42.5 Å². The number of carbonyl (C=O) groups excluding carboxylic acids is 1. The molecule has 124 valence electrons. The number of aliphatic hydroxyl groups excluding tert-OH is 2. The molecule has 2 aromatic rings. The van der Waals surface area contributed by atoms with E-state index in [1.807, 2.05) is 56.3 Å². The van der Waals surface area contributed by atoms with Gasteiger partial charge in [-0.2, -0.15) is 0 Å². The van der Waals surface area contributed by atoms with Crippen LogP contribution in [0.5, 0.6) is 0 Å². The Bertz CT molecular complexity index is 680. The number of urea groups is 1. The number of rotatable bonds is 5. The van der Waals surface area contributed by atoms with E-state index in [4.69, 9.17) is 5.11 Å². The fraction of sp³-hybridized carbons (Fsp3) is 0.389. The van der Waals surface area contributed by atoms with E-state index in [1.165, 1.54) is 4.90 Å². The first-order valence-electron chi connectivity index (χ1n) is 7.65. The average Bonchev–Trinajstić information content (AvgIpc) is 2.53. The van der Waals surface area contributed by atoms with Gasteiger partial charge in [0.2, 0.25) is 0 Å². The first-order chi connectivity index (χ1) is 10.8. The van der Waals surface area contributed by atoms with Gasteiger partial charge < -0.3 is 20.4 Å². The quantitative estimate of drug-likeness (QED) is 0.790. The largest absolute Gasteiger partial charge is 0.394 e. The predicted octanol–water partition coefficient (Wildman–Crippen LogP) is 2.07. The molecule has 5 nitrogen and oxygen atoms in total. The van der Waals surface area contributed by atoms with E-state index in [0.717, 1.165) is 16.3 Å². The van der Waals surface area contributed by atoms with Crippen molar-refractivity contribution < 1.29 is 15.0 Å². The third kappa shape index (κ3) is 4.00. The van der Waals surface area contributed by atoms with Gasteiger partial charge in [0.05, 0.1) is 24.8 Å². The van der Waals surface area contributed by atoms with E-state index in [-0.39, 0.29) is 19.2 Å². The topological polar surface area (TPSA) is 72.8 Å². The molecule has 0 aliphatic carbocycles. The van der Waals surface area contributed by atoms with E-state index in [0.29, 0.717) is 0 Å². The first-order valence-corrected chi connectivity index (χ1v) is 7.65. The van der Waals surface area contributed by atoms with Crippen LogP contribution in [-0.4, -0.2) is 47.4 Å². The molecule has 0 radical (unpaired) electrons. The van der Waals surface area contributed by atoms with Gasteiger partial charge >= 0.3 is 6.03 Å². The van der Waals surface area contributed by atoms with Gasteiger partial charge in [0.25, 0.3) is 0 Å². The molecule has 1 atom stereocenters. The van der Waals surface area contributed by atoms with Gasteiger partial charge in [-0.15, -0.1) is 0 Å². The molecule has 0 aromatic heterocycles. The summed E-state index contributed by atoms with van der Waals surface area (Å²) in [6.45, 7) is 3.60. The molecular weight excluding hydrogens is 292 g/mol. The van der Waals surface area contributed by atoms with E-state index in [1.54, 1.807) is 7.05 Å². The molecule has 23 heavy (non-hydrogen) atoms. The Morgan fingerprint density at radius 1 is 1.22 bits per heavy atom. The average molecular weight is 316 g/mol. The SMILES string of the molecule is CN(C[C@H](O)CO)C(=O)NC(C)(C)c1cccc2ccccc12. The second-order valence-corrected chi connectivity index (χ2v) is 6.30. The normalized spacial score (nSPS) is 12.9. The Kier molecular flexibility index (Phi) is 5.23. The van der Waals surface area contributed by atoms with Crippen LogP contribution in [0.25, 0.3) is 10.8 Å². The van der Waals surface area contributed by atoms with Crippen LogP contribution in [0.1, 0.15) is 19.4 Å². The lowest BCUT2D eigenvalue weighted by atomic mass is 9.89. The van der Waals surface area contributed by atoms with Crippen molar-refractivity contribution in [1.29, 1.82) is 0 Å². The summed E-state index contributed by atoms with van der Waals surface area (Å²) in [6, 6.07) is 13.8. The zero-order valence-corrected chi connectivity index (χ0v) is 13.8. The number of carbonyl (C=O) groups is 1. The highest BCUT2D eigenvalue weighted by Crippen LogP contribution is 2.28. The zero-order valence-electron chi connectivity index (χ0n) is 13.8. The standard InChI is InChI=1S/C18H24N2O3/c1-18(2,19-17(23)20(3)11-14(22)12-21)16-10-6-8-13-7-4-5-9-15(13)16/h4-10,14,21-22H,11-12H2,1-3H3,(H,19,23)/t14-/m0/s1. The molecule has 0 aliphatic rings. The Balaban J connectivity index is 2.22. The highest BCUT2D eigenvalue weighted by Gasteiger charge is 2.26. The van der Waals surface area contributed by atoms with Crippen molar-refractivity contribution in [3.8, 4) is 0 Å². The van der Waals surface area contributed by atoms with Crippen molar-refractivity contribution in [3.63, 3.8) is 0 Å². The van der Waals surface area contributed by atoms with Gasteiger partial charge in [-0.25, -0.2) is 4.79 Å². The molecule has 0 bridgehead atoms. The minimum atomic E-state index is -0.939. The lowest BCUT2D eigenvalue weighted by Gasteiger charge is -2.31. The fourth-order valence-electron chi connectivity index (χ4n) is 2.66. The Morgan fingerprint density at radius 3 is 2.57 bits per heavy atom. The van der Waals surface area contributed by atoms with Crippen LogP contribution >= 0.6 is 0 Å². The number of aliphatic hydroxyl groups is 2. The summed E-state index contributed by atoms with van der Waals surface area (Å²) in [6.07, 6.45) is -0.939. The van der Waals surface area contributed by atoms with E-state index < -0.39 is 11.6 Å². The number of fused-ring (bicyclic) bond motifs is 1. The van der Waals surface area contributed by atoms with Crippen LogP contribution in [0.3, 0.4) is 0 Å². The van der Waals surface area contributed by atoms with Crippen LogP contribution in [-0.2, 0) is 5.54 Å². The Labute approximate surface area is 136 Å². The molecular formula is C18H24N2O3. The maximum absolute atomic E-state index is 12.3. The molecule has 0 heterocycles. The van der Waals surface area contributed by atoms with Crippen molar-refractivity contribution in [2.75, 3.05) is 20.2 Å². The summed E-state index contributed by atoms with van der Waals surface area (Å²) in [5.74, 6) is 0. The number of hydrogen-bond acceptors (Lipinski definition) is 3. The second-order valence-electron chi connectivity index (χ2n) is 6.30. The summed E-state index contributed by atoms with van der Waals surface area (Å²) in [5, 5.41) is 23.6. The third-order valence-electron chi connectivity index (χ3n) is 3.92. The number of benzene rings is 2. The maximum Gasteiger partial charge on any atom is 0.317 e. The highest BCUT2D eigenvalue weighted by atomic mass is 16.3. The monoisotopic (exact) mass is 316 g/mol. The molecule has 0 aliphatic heterocycles. The molecule has 0 fully saturated rings. The van der Waals surface area contributed by atoms with Crippen molar-refractivity contribution in [2.45, 2.75) is 25.5 Å². The Hall–Kier alpha value is -2.11. The number of hydrogen-bond donors (Lipinski definition) is 3. The van der Waals surface area contributed by atoms with Crippen LogP contribution in [0, 0.1) is 0 Å². The highest BCUT2D eigenvalue weighted by molar-refractivity contribution is 5.87. The van der Waals surface area contributed by atoms with Crippen LogP contribution < -0.4 is 5.32 Å². The minimum absolute atomic E-state index is 0.0773. The Morgan fingerprint density at radius 2 is 1.87 bits per heavy atom. The van der Waals surface area contributed by atoms with Crippen LogP contribution in [0.4, 0.5) is 4.79 Å². The molecule has 0 unspecified atom stereocenters. The molecule has 2 amide bonds. The molecule has 3 N–H and O–H groups in total. The number of likely N-dealkylation sites (N-methyl/N-ethyl adjacent to an activating group) is 1. The van der Waals surface area contributed by atoms with Crippen molar-refractivity contribution in [3.05, 3.63) is 48.0 Å². The van der Waals surface area contributed by atoms with Gasteiger partial charge in [0.1, 0.15) is 0 Å². The van der Waals surface area contributed by atoms with Gasteiger partial charge in [0.15, 0.2) is 0 Å². The summed E-state index contributed by atoms with van der Waals surface area (Å²) in [5.41, 5.74) is 0.455. The minimum Gasteiger partial charge on any atom is -0.394 e. The molecule has 0 saturated carbocycles. The van der Waals surface area contributed by atoms with Crippen molar-refractivity contribution >= 4 is 16.8 Å². The van der Waals surface area contributed by atoms with Crippen molar-refractivity contribution in [2.24, 2.45) is 0 Å². The fourth-order valence-corrected chi connectivity index (χ4v) is 2.66. The van der Waals surface area contributed by atoms with E-state index in [9.17, 15) is 9.90 Å². The van der Waals surface area contributed by atoms with E-state index in [2.05, 4.69) is 5.32 Å². The molecule has 2 aromatic carbocycles. The molecule has 5 heteroatoms. The van der Waals surface area contributed by atoms with E-state index >= 15 is 0 Å². The molecule has 0 spiro atoms. The lowest BCUT2D eigenvalue weighted by Crippen LogP contribution is -2.49. The second kappa shape index (κ2) is 6.98. The number of nitrogens with one attached hydrogen (secondary N) is 1. The smallest absolute Gasteiger partial charge is 0.317 e. The zero-order chi connectivity index (χ0) is 17.0. The van der Waals surface area contributed by atoms with Crippen LogP contribution in [0.2, 0.25) is 0 Å². The predicted molar refractivity (Wildman–Crippen MR) is 91.2 cm³/mol. The van der Waals surface area contributed by atoms with Gasteiger partial charge in [-0.05, 0) is 30.2 Å². The van der Waals surface area contributed by atoms with Gasteiger partial charge in [0, 0.05) is 7.05 Å². The summed E-state index contributed by atoms with van der Waals surface area (Å²) >= 11 is 0. The van der Waals surface area contributed by atoms with Gasteiger partial charge in [-0.3, -0.25) is 0 Å². The maximum atomic E-state index is 12.3. The van der Waals surface area contributed by atoms with Gasteiger partial charge in [-0.1, -0.05) is 42.5 Å². The lowest BCUT2D eigenvalue weighted by molar-refractivity contribution is 0.0722. The summed E-state index contributed by atoms with van der Waals surface area (Å²) in [7, 11) is 1.59.